The molecular weight excluding hydrogens is 356 g/mol. The van der Waals surface area contributed by atoms with Gasteiger partial charge in [-0.15, -0.1) is 0 Å². The monoisotopic (exact) mass is 402 g/mol. The predicted octanol–water partition coefficient (Wildman–Crippen LogP) is 7.31. The molecule has 1 rings (SSSR count). The van der Waals surface area contributed by atoms with E-state index in [-0.39, 0.29) is 5.91 Å². The van der Waals surface area contributed by atoms with Gasteiger partial charge in [0.2, 0.25) is 5.91 Å². The quantitative estimate of drug-likeness (QED) is 0.253. The first-order valence-corrected chi connectivity index (χ1v) is 12.2. The van der Waals surface area contributed by atoms with Crippen molar-refractivity contribution >= 4 is 11.6 Å². The fraction of sp³-hybridized carbons (Fsp3) is 0.731. The maximum Gasteiger partial charge on any atom is 0.238 e. The summed E-state index contributed by atoms with van der Waals surface area (Å²) in [6.45, 7) is 7.75. The van der Waals surface area contributed by atoms with Crippen molar-refractivity contribution in [1.29, 1.82) is 0 Å². The second kappa shape index (κ2) is 17.5. The molecule has 3 nitrogen and oxygen atoms in total. The summed E-state index contributed by atoms with van der Waals surface area (Å²) in [5.74, 6) is 0.0404. The first-order valence-electron chi connectivity index (χ1n) is 12.2. The third-order valence-corrected chi connectivity index (χ3v) is 5.78. The Morgan fingerprint density at radius 2 is 1.24 bits per heavy atom. The van der Waals surface area contributed by atoms with E-state index >= 15 is 0 Å². The maximum absolute atomic E-state index is 12.0. The minimum atomic E-state index is 0.0404. The van der Waals surface area contributed by atoms with Crippen LogP contribution in [0.2, 0.25) is 0 Å². The van der Waals surface area contributed by atoms with Crippen LogP contribution < -0.4 is 10.6 Å². The summed E-state index contributed by atoms with van der Waals surface area (Å²) in [4.78, 5) is 12.0. The van der Waals surface area contributed by atoms with Crippen molar-refractivity contribution in [2.75, 3.05) is 18.4 Å². The van der Waals surface area contributed by atoms with E-state index in [0.717, 1.165) is 18.7 Å². The predicted molar refractivity (Wildman–Crippen MR) is 128 cm³/mol. The molecular formula is C26H46N2O. The fourth-order valence-corrected chi connectivity index (χ4v) is 3.67. The van der Waals surface area contributed by atoms with Crippen molar-refractivity contribution in [2.45, 2.75) is 111 Å². The van der Waals surface area contributed by atoms with E-state index in [0.29, 0.717) is 6.54 Å². The van der Waals surface area contributed by atoms with Crippen LogP contribution in [0.4, 0.5) is 5.69 Å². The highest BCUT2D eigenvalue weighted by molar-refractivity contribution is 5.92. The highest BCUT2D eigenvalue weighted by atomic mass is 16.1. The fourth-order valence-electron chi connectivity index (χ4n) is 3.67. The summed E-state index contributed by atoms with van der Waals surface area (Å²) in [6, 6.07) is 6.04. The van der Waals surface area contributed by atoms with Crippen molar-refractivity contribution in [3.8, 4) is 0 Å². The molecule has 0 spiro atoms. The lowest BCUT2D eigenvalue weighted by Crippen LogP contribution is -2.28. The SMILES string of the molecule is CCCCCCCCCCCCCCCCNCC(=O)Nc1ccc(C)c(C)c1. The van der Waals surface area contributed by atoms with E-state index in [2.05, 4.69) is 31.4 Å². The van der Waals surface area contributed by atoms with E-state index in [1.807, 2.05) is 18.2 Å². The summed E-state index contributed by atoms with van der Waals surface area (Å²) < 4.78 is 0. The van der Waals surface area contributed by atoms with Gasteiger partial charge in [-0.2, -0.15) is 0 Å². The van der Waals surface area contributed by atoms with Crippen molar-refractivity contribution < 1.29 is 4.79 Å². The molecule has 1 aromatic carbocycles. The van der Waals surface area contributed by atoms with Crippen LogP contribution in [0.25, 0.3) is 0 Å². The summed E-state index contributed by atoms with van der Waals surface area (Å²) >= 11 is 0. The Balaban J connectivity index is 1.84. The normalized spacial score (nSPS) is 11.0. The number of rotatable bonds is 18. The standard InChI is InChI=1S/C26H46N2O/c1-4-5-6-7-8-9-10-11-12-13-14-15-16-17-20-27-22-26(29)28-25-19-18-23(2)24(3)21-25/h18-19,21,27H,4-17,20,22H2,1-3H3,(H,28,29). The van der Waals surface area contributed by atoms with Crippen LogP contribution >= 0.6 is 0 Å². The molecule has 0 fully saturated rings. The smallest absolute Gasteiger partial charge is 0.238 e. The third-order valence-electron chi connectivity index (χ3n) is 5.78. The summed E-state index contributed by atoms with van der Waals surface area (Å²) in [6.07, 6.45) is 19.3. The molecule has 0 saturated carbocycles. The highest BCUT2D eigenvalue weighted by Crippen LogP contribution is 2.14. The zero-order valence-electron chi connectivity index (χ0n) is 19.5. The molecule has 1 aromatic rings. The topological polar surface area (TPSA) is 41.1 Å². The van der Waals surface area contributed by atoms with Crippen molar-refractivity contribution in [2.24, 2.45) is 0 Å². The van der Waals surface area contributed by atoms with Gasteiger partial charge in [-0.1, -0.05) is 96.5 Å². The van der Waals surface area contributed by atoms with Gasteiger partial charge in [0.25, 0.3) is 0 Å². The molecule has 0 aromatic heterocycles. The number of hydrogen-bond acceptors (Lipinski definition) is 2. The zero-order chi connectivity index (χ0) is 21.2. The Bertz CT molecular complexity index is 542. The van der Waals surface area contributed by atoms with Crippen molar-refractivity contribution in [3.63, 3.8) is 0 Å². The molecule has 0 atom stereocenters. The maximum atomic E-state index is 12.0. The molecule has 3 heteroatoms. The second-order valence-corrected chi connectivity index (χ2v) is 8.62. The molecule has 0 bridgehead atoms. The number of hydrogen-bond donors (Lipinski definition) is 2. The van der Waals surface area contributed by atoms with Gasteiger partial charge >= 0.3 is 0 Å². The molecule has 0 radical (unpaired) electrons. The van der Waals surface area contributed by atoms with Gasteiger partial charge < -0.3 is 10.6 Å². The third kappa shape index (κ3) is 14.3. The molecule has 0 aliphatic heterocycles. The first-order chi connectivity index (χ1) is 14.1. The molecule has 1 amide bonds. The lowest BCUT2D eigenvalue weighted by atomic mass is 10.0. The number of anilines is 1. The van der Waals surface area contributed by atoms with Crippen LogP contribution in [-0.4, -0.2) is 19.0 Å². The van der Waals surface area contributed by atoms with Crippen LogP contribution in [0.1, 0.15) is 108 Å². The largest absolute Gasteiger partial charge is 0.325 e. The Labute approximate surface area is 180 Å². The van der Waals surface area contributed by atoms with Crippen LogP contribution in [0.5, 0.6) is 0 Å². The minimum Gasteiger partial charge on any atom is -0.325 e. The number of carbonyl (C=O) groups is 1. The molecule has 166 valence electrons. The van der Waals surface area contributed by atoms with E-state index in [9.17, 15) is 4.79 Å². The zero-order valence-corrected chi connectivity index (χ0v) is 19.5. The number of unbranched alkanes of at least 4 members (excludes halogenated alkanes) is 13. The van der Waals surface area contributed by atoms with Gasteiger partial charge in [-0.25, -0.2) is 0 Å². The first kappa shape index (κ1) is 25.7. The van der Waals surface area contributed by atoms with E-state index < -0.39 is 0 Å². The summed E-state index contributed by atoms with van der Waals surface area (Å²) in [7, 11) is 0. The van der Waals surface area contributed by atoms with Crippen molar-refractivity contribution in [3.05, 3.63) is 29.3 Å². The van der Waals surface area contributed by atoms with Crippen LogP contribution in [-0.2, 0) is 4.79 Å². The lowest BCUT2D eigenvalue weighted by molar-refractivity contribution is -0.115. The van der Waals surface area contributed by atoms with Crippen LogP contribution in [0.15, 0.2) is 18.2 Å². The Hall–Kier alpha value is -1.35. The highest BCUT2D eigenvalue weighted by Gasteiger charge is 2.03. The molecule has 0 aliphatic carbocycles. The van der Waals surface area contributed by atoms with Gasteiger partial charge in [0.05, 0.1) is 6.54 Å². The van der Waals surface area contributed by atoms with Gasteiger partial charge in [-0.05, 0) is 50.1 Å². The molecule has 0 aliphatic rings. The van der Waals surface area contributed by atoms with Gasteiger partial charge in [0.15, 0.2) is 0 Å². The average Bonchev–Trinajstić information content (AvgIpc) is 2.70. The Morgan fingerprint density at radius 3 is 1.76 bits per heavy atom. The van der Waals surface area contributed by atoms with Gasteiger partial charge in [-0.3, -0.25) is 4.79 Å². The number of carbonyl (C=O) groups excluding carboxylic acids is 1. The van der Waals surface area contributed by atoms with E-state index in [4.69, 9.17) is 0 Å². The number of benzene rings is 1. The van der Waals surface area contributed by atoms with Gasteiger partial charge in [0.1, 0.15) is 0 Å². The van der Waals surface area contributed by atoms with E-state index in [1.165, 1.54) is 94.6 Å². The minimum absolute atomic E-state index is 0.0404. The number of amides is 1. The lowest BCUT2D eigenvalue weighted by Gasteiger charge is -2.08. The molecule has 0 saturated heterocycles. The number of aryl methyl sites for hydroxylation is 2. The summed E-state index contributed by atoms with van der Waals surface area (Å²) in [5, 5.41) is 6.22. The molecule has 0 unspecified atom stereocenters. The molecule has 29 heavy (non-hydrogen) atoms. The Morgan fingerprint density at radius 1 is 0.724 bits per heavy atom. The van der Waals surface area contributed by atoms with E-state index in [1.54, 1.807) is 0 Å². The average molecular weight is 403 g/mol. The molecule has 2 N–H and O–H groups in total. The molecule has 0 heterocycles. The van der Waals surface area contributed by atoms with Crippen LogP contribution in [0.3, 0.4) is 0 Å². The summed E-state index contributed by atoms with van der Waals surface area (Å²) in [5.41, 5.74) is 3.34. The number of nitrogens with one attached hydrogen (secondary N) is 2. The van der Waals surface area contributed by atoms with Crippen molar-refractivity contribution in [1.82, 2.24) is 5.32 Å². The Kier molecular flexibility index (Phi) is 15.5. The van der Waals surface area contributed by atoms with Crippen LogP contribution in [0, 0.1) is 13.8 Å². The van der Waals surface area contributed by atoms with Gasteiger partial charge in [0, 0.05) is 5.69 Å². The second-order valence-electron chi connectivity index (χ2n) is 8.62.